The van der Waals surface area contributed by atoms with Crippen LogP contribution in [0.15, 0.2) is 18.2 Å². The van der Waals surface area contributed by atoms with E-state index < -0.39 is 10.0 Å². The van der Waals surface area contributed by atoms with Crippen molar-refractivity contribution < 1.29 is 8.42 Å². The van der Waals surface area contributed by atoms with E-state index in [0.29, 0.717) is 5.69 Å². The highest BCUT2D eigenvalue weighted by molar-refractivity contribution is 7.92. The first kappa shape index (κ1) is 12.0. The van der Waals surface area contributed by atoms with E-state index >= 15 is 0 Å². The molecule has 1 rings (SSSR count). The van der Waals surface area contributed by atoms with E-state index in [4.69, 9.17) is 5.73 Å². The Kier molecular flexibility index (Phi) is 3.71. The molecule has 84 valence electrons. The fraction of sp³-hybridized carbons (Fsp3) is 0.400. The molecule has 0 saturated heterocycles. The van der Waals surface area contributed by atoms with Gasteiger partial charge < -0.3 is 5.73 Å². The standard InChI is InChI=1S/C10H16N2O2S/c1-8-3-4-10(9(2)7-8)12-15(13,14)6-5-11/h3-4,7,12H,5-6,11H2,1-2H3. The van der Waals surface area contributed by atoms with Crippen LogP contribution in [0, 0.1) is 13.8 Å². The van der Waals surface area contributed by atoms with Crippen LogP contribution in [0.2, 0.25) is 0 Å². The van der Waals surface area contributed by atoms with Crippen molar-refractivity contribution in [1.82, 2.24) is 0 Å². The summed E-state index contributed by atoms with van der Waals surface area (Å²) >= 11 is 0. The fourth-order valence-corrected chi connectivity index (χ4v) is 2.28. The minimum Gasteiger partial charge on any atom is -0.329 e. The maximum absolute atomic E-state index is 11.4. The van der Waals surface area contributed by atoms with Crippen LogP contribution >= 0.6 is 0 Å². The Balaban J connectivity index is 2.90. The van der Waals surface area contributed by atoms with E-state index in [1.54, 1.807) is 6.07 Å². The second-order valence-corrected chi connectivity index (χ2v) is 5.37. The Morgan fingerprint density at radius 3 is 2.53 bits per heavy atom. The summed E-state index contributed by atoms with van der Waals surface area (Å²) in [7, 11) is -3.30. The molecular weight excluding hydrogens is 212 g/mol. The average Bonchev–Trinajstić information content (AvgIpc) is 2.09. The lowest BCUT2D eigenvalue weighted by Gasteiger charge is -2.10. The molecule has 0 spiro atoms. The fourth-order valence-electron chi connectivity index (χ4n) is 1.30. The second-order valence-electron chi connectivity index (χ2n) is 3.53. The van der Waals surface area contributed by atoms with Gasteiger partial charge in [0.05, 0.1) is 11.4 Å². The van der Waals surface area contributed by atoms with Crippen LogP contribution in [0.25, 0.3) is 0 Å². The Morgan fingerprint density at radius 1 is 1.33 bits per heavy atom. The van der Waals surface area contributed by atoms with Gasteiger partial charge in [0.1, 0.15) is 0 Å². The van der Waals surface area contributed by atoms with Crippen molar-refractivity contribution >= 4 is 15.7 Å². The minimum atomic E-state index is -3.30. The van der Waals surface area contributed by atoms with Gasteiger partial charge >= 0.3 is 0 Å². The predicted octanol–water partition coefficient (Wildman–Crippen LogP) is 1.00. The van der Waals surface area contributed by atoms with Gasteiger partial charge in [-0.1, -0.05) is 17.7 Å². The average molecular weight is 228 g/mol. The molecule has 3 N–H and O–H groups in total. The predicted molar refractivity (Wildman–Crippen MR) is 62.4 cm³/mol. The topological polar surface area (TPSA) is 72.2 Å². The van der Waals surface area contributed by atoms with E-state index in [9.17, 15) is 8.42 Å². The number of aryl methyl sites for hydroxylation is 2. The summed E-state index contributed by atoms with van der Waals surface area (Å²) in [5.41, 5.74) is 7.85. The zero-order valence-corrected chi connectivity index (χ0v) is 9.76. The maximum Gasteiger partial charge on any atom is 0.233 e. The Morgan fingerprint density at radius 2 is 2.00 bits per heavy atom. The van der Waals surface area contributed by atoms with Crippen molar-refractivity contribution in [3.8, 4) is 0 Å². The summed E-state index contributed by atoms with van der Waals surface area (Å²) in [6.45, 7) is 3.96. The molecule has 0 fully saturated rings. The summed E-state index contributed by atoms with van der Waals surface area (Å²) in [6.07, 6.45) is 0. The molecule has 1 aromatic carbocycles. The molecule has 15 heavy (non-hydrogen) atoms. The van der Waals surface area contributed by atoms with Crippen LogP contribution in [0.4, 0.5) is 5.69 Å². The molecule has 0 amide bonds. The summed E-state index contributed by atoms with van der Waals surface area (Å²) in [6, 6.07) is 5.56. The Bertz CT molecular complexity index is 441. The molecule has 1 aromatic rings. The van der Waals surface area contributed by atoms with Crippen LogP contribution in [-0.2, 0) is 10.0 Å². The molecule has 0 aliphatic heterocycles. The molecule has 0 aliphatic carbocycles. The highest BCUT2D eigenvalue weighted by Crippen LogP contribution is 2.17. The first-order chi connectivity index (χ1) is 6.94. The highest BCUT2D eigenvalue weighted by Gasteiger charge is 2.10. The maximum atomic E-state index is 11.4. The van der Waals surface area contributed by atoms with Gasteiger partial charge in [-0.15, -0.1) is 0 Å². The molecule has 0 bridgehead atoms. The third kappa shape index (κ3) is 3.53. The van der Waals surface area contributed by atoms with Gasteiger partial charge in [0.2, 0.25) is 10.0 Å². The molecule has 0 aliphatic rings. The lowest BCUT2D eigenvalue weighted by molar-refractivity contribution is 0.601. The number of anilines is 1. The first-order valence-electron chi connectivity index (χ1n) is 4.72. The Labute approximate surface area is 90.5 Å². The molecule has 0 aromatic heterocycles. The van der Waals surface area contributed by atoms with Crippen molar-refractivity contribution in [2.75, 3.05) is 17.0 Å². The van der Waals surface area contributed by atoms with E-state index in [-0.39, 0.29) is 12.3 Å². The second kappa shape index (κ2) is 4.63. The molecule has 0 unspecified atom stereocenters. The van der Waals surface area contributed by atoms with Gasteiger partial charge in [-0.3, -0.25) is 4.72 Å². The number of hydrogen-bond acceptors (Lipinski definition) is 3. The lowest BCUT2D eigenvalue weighted by atomic mass is 10.1. The van der Waals surface area contributed by atoms with Crippen molar-refractivity contribution in [2.45, 2.75) is 13.8 Å². The highest BCUT2D eigenvalue weighted by atomic mass is 32.2. The van der Waals surface area contributed by atoms with E-state index in [1.807, 2.05) is 26.0 Å². The zero-order chi connectivity index (χ0) is 11.5. The Hall–Kier alpha value is -1.07. The van der Waals surface area contributed by atoms with Gasteiger partial charge in [-0.2, -0.15) is 0 Å². The first-order valence-corrected chi connectivity index (χ1v) is 6.37. The summed E-state index contributed by atoms with van der Waals surface area (Å²) in [5.74, 6) is -0.0552. The van der Waals surface area contributed by atoms with Gasteiger partial charge in [0, 0.05) is 6.54 Å². The lowest BCUT2D eigenvalue weighted by Crippen LogP contribution is -2.22. The van der Waals surface area contributed by atoms with Crippen LogP contribution in [0.1, 0.15) is 11.1 Å². The molecule has 0 heterocycles. The number of nitrogens with one attached hydrogen (secondary N) is 1. The number of rotatable bonds is 4. The molecule has 0 radical (unpaired) electrons. The number of benzene rings is 1. The summed E-state index contributed by atoms with van der Waals surface area (Å²) in [5, 5.41) is 0. The summed E-state index contributed by atoms with van der Waals surface area (Å²) in [4.78, 5) is 0. The van der Waals surface area contributed by atoms with E-state index in [2.05, 4.69) is 4.72 Å². The molecule has 0 saturated carbocycles. The molecule has 5 heteroatoms. The van der Waals surface area contributed by atoms with Crippen molar-refractivity contribution in [3.63, 3.8) is 0 Å². The van der Waals surface area contributed by atoms with E-state index in [1.165, 1.54) is 0 Å². The zero-order valence-electron chi connectivity index (χ0n) is 8.95. The number of nitrogens with two attached hydrogens (primary N) is 1. The van der Waals surface area contributed by atoms with Crippen molar-refractivity contribution in [3.05, 3.63) is 29.3 Å². The normalized spacial score (nSPS) is 11.4. The van der Waals surface area contributed by atoms with Crippen molar-refractivity contribution in [1.29, 1.82) is 0 Å². The van der Waals surface area contributed by atoms with Crippen LogP contribution in [0.3, 0.4) is 0 Å². The van der Waals surface area contributed by atoms with Crippen LogP contribution < -0.4 is 10.5 Å². The van der Waals surface area contributed by atoms with Crippen molar-refractivity contribution in [2.24, 2.45) is 5.73 Å². The van der Waals surface area contributed by atoms with Gasteiger partial charge in [-0.25, -0.2) is 8.42 Å². The molecule has 4 nitrogen and oxygen atoms in total. The minimum absolute atomic E-state index is 0.0552. The number of hydrogen-bond donors (Lipinski definition) is 2. The third-order valence-electron chi connectivity index (χ3n) is 2.03. The van der Waals surface area contributed by atoms with Gasteiger partial charge in [-0.05, 0) is 25.5 Å². The van der Waals surface area contributed by atoms with Gasteiger partial charge in [0.15, 0.2) is 0 Å². The largest absolute Gasteiger partial charge is 0.329 e. The van der Waals surface area contributed by atoms with Crippen LogP contribution in [-0.4, -0.2) is 20.7 Å². The smallest absolute Gasteiger partial charge is 0.233 e. The molecular formula is C10H16N2O2S. The monoisotopic (exact) mass is 228 g/mol. The summed E-state index contributed by atoms with van der Waals surface area (Å²) < 4.78 is 25.4. The van der Waals surface area contributed by atoms with Crippen LogP contribution in [0.5, 0.6) is 0 Å². The molecule has 0 atom stereocenters. The third-order valence-corrected chi connectivity index (χ3v) is 3.34. The van der Waals surface area contributed by atoms with Gasteiger partial charge in [0.25, 0.3) is 0 Å². The SMILES string of the molecule is Cc1ccc(NS(=O)(=O)CCN)c(C)c1. The van der Waals surface area contributed by atoms with E-state index in [0.717, 1.165) is 11.1 Å². The number of sulfonamides is 1. The quantitative estimate of drug-likeness (QED) is 0.807.